The fourth-order valence-electron chi connectivity index (χ4n) is 2.55. The number of nitrogens with one attached hydrogen (secondary N) is 1. The van der Waals surface area contributed by atoms with Gasteiger partial charge in [-0.3, -0.25) is 14.5 Å². The molecule has 1 saturated heterocycles. The van der Waals surface area contributed by atoms with Crippen molar-refractivity contribution in [1.82, 2.24) is 10.2 Å². The van der Waals surface area contributed by atoms with Crippen molar-refractivity contribution >= 4 is 11.9 Å². The van der Waals surface area contributed by atoms with Gasteiger partial charge in [0.1, 0.15) is 0 Å². The van der Waals surface area contributed by atoms with E-state index in [4.69, 9.17) is 5.11 Å². The Bertz CT molecular complexity index is 357. The molecular weight excluding hydrogens is 256 g/mol. The number of carbonyl (C=O) groups is 2. The number of nitrogens with zero attached hydrogens (tertiary/aromatic N) is 1. The third-order valence-electron chi connectivity index (χ3n) is 4.02. The lowest BCUT2D eigenvalue weighted by atomic mass is 9.90. The number of amides is 1. The second kappa shape index (κ2) is 7.07. The van der Waals surface area contributed by atoms with E-state index < -0.39 is 11.4 Å². The van der Waals surface area contributed by atoms with Crippen LogP contribution in [0, 0.1) is 11.3 Å². The van der Waals surface area contributed by atoms with Crippen LogP contribution in [-0.2, 0) is 9.59 Å². The molecule has 0 aromatic carbocycles. The van der Waals surface area contributed by atoms with Crippen LogP contribution < -0.4 is 5.32 Å². The number of rotatable bonds is 7. The lowest BCUT2D eigenvalue weighted by Crippen LogP contribution is -2.41. The molecule has 0 aliphatic carbocycles. The minimum absolute atomic E-state index is 0.00380. The summed E-state index contributed by atoms with van der Waals surface area (Å²) in [4.78, 5) is 25.0. The van der Waals surface area contributed by atoms with Crippen LogP contribution in [0.1, 0.15) is 47.0 Å². The van der Waals surface area contributed by atoms with E-state index in [0.717, 1.165) is 12.8 Å². The Kier molecular flexibility index (Phi) is 5.99. The molecule has 2 atom stereocenters. The summed E-state index contributed by atoms with van der Waals surface area (Å²) in [6, 6.07) is 0.179. The molecular formula is C15H28N2O3. The summed E-state index contributed by atoms with van der Waals surface area (Å²) >= 11 is 0. The molecule has 0 aromatic rings. The summed E-state index contributed by atoms with van der Waals surface area (Å²) in [5.74, 6) is -0.134. The number of carboxylic acids is 1. The van der Waals surface area contributed by atoms with Gasteiger partial charge in [0.25, 0.3) is 0 Å². The van der Waals surface area contributed by atoms with Gasteiger partial charge in [-0.2, -0.15) is 0 Å². The van der Waals surface area contributed by atoms with Crippen LogP contribution in [0.4, 0.5) is 0 Å². The zero-order chi connectivity index (χ0) is 15.3. The van der Waals surface area contributed by atoms with Gasteiger partial charge >= 0.3 is 5.97 Å². The fraction of sp³-hybridized carbons (Fsp3) is 0.867. The van der Waals surface area contributed by atoms with E-state index in [1.807, 2.05) is 11.8 Å². The number of carboxylic acid groups (broad SMARTS) is 1. The molecule has 0 saturated carbocycles. The predicted octanol–water partition coefficient (Wildman–Crippen LogP) is 1.72. The SMILES string of the molecule is CC(C)CCC(C)NC(=O)CN1CCC(C)(C(=O)O)C1. The zero-order valence-electron chi connectivity index (χ0n) is 13.1. The van der Waals surface area contributed by atoms with E-state index >= 15 is 0 Å². The highest BCUT2D eigenvalue weighted by atomic mass is 16.4. The molecule has 0 aromatic heterocycles. The molecule has 1 rings (SSSR count). The normalized spacial score (nSPS) is 24.9. The fourth-order valence-corrected chi connectivity index (χ4v) is 2.55. The maximum Gasteiger partial charge on any atom is 0.310 e. The maximum absolute atomic E-state index is 11.9. The average molecular weight is 284 g/mol. The zero-order valence-corrected chi connectivity index (χ0v) is 13.1. The molecule has 2 N–H and O–H groups in total. The molecule has 1 amide bonds. The van der Waals surface area contributed by atoms with Gasteiger partial charge in [-0.05, 0) is 45.6 Å². The van der Waals surface area contributed by atoms with Gasteiger partial charge in [-0.1, -0.05) is 13.8 Å². The van der Waals surface area contributed by atoms with Crippen molar-refractivity contribution in [3.63, 3.8) is 0 Å². The van der Waals surface area contributed by atoms with Gasteiger partial charge in [0.2, 0.25) is 5.91 Å². The largest absolute Gasteiger partial charge is 0.481 e. The molecule has 0 spiro atoms. The van der Waals surface area contributed by atoms with Crippen LogP contribution in [0.25, 0.3) is 0 Å². The first kappa shape index (κ1) is 17.0. The standard InChI is InChI=1S/C15H28N2O3/c1-11(2)5-6-12(3)16-13(18)9-17-8-7-15(4,10-17)14(19)20/h11-12H,5-10H2,1-4H3,(H,16,18)(H,19,20). The Balaban J connectivity index is 2.32. The van der Waals surface area contributed by atoms with Gasteiger partial charge in [-0.25, -0.2) is 0 Å². The van der Waals surface area contributed by atoms with Gasteiger partial charge in [0.15, 0.2) is 0 Å². The highest BCUT2D eigenvalue weighted by Crippen LogP contribution is 2.29. The predicted molar refractivity (Wildman–Crippen MR) is 78.5 cm³/mol. The van der Waals surface area contributed by atoms with Gasteiger partial charge < -0.3 is 10.4 Å². The Morgan fingerprint density at radius 1 is 1.30 bits per heavy atom. The molecule has 1 fully saturated rings. The first-order valence-corrected chi connectivity index (χ1v) is 7.48. The first-order chi connectivity index (χ1) is 9.23. The summed E-state index contributed by atoms with van der Waals surface area (Å²) < 4.78 is 0. The van der Waals surface area contributed by atoms with Crippen molar-refractivity contribution in [3.05, 3.63) is 0 Å². The summed E-state index contributed by atoms with van der Waals surface area (Å²) in [5, 5.41) is 12.2. The van der Waals surface area contributed by atoms with Crippen molar-refractivity contribution in [1.29, 1.82) is 0 Å². The maximum atomic E-state index is 11.9. The number of hydrogen-bond acceptors (Lipinski definition) is 3. The smallest absolute Gasteiger partial charge is 0.310 e. The third kappa shape index (κ3) is 5.12. The molecule has 1 aliphatic heterocycles. The van der Waals surface area contributed by atoms with E-state index in [-0.39, 0.29) is 11.9 Å². The quantitative estimate of drug-likeness (QED) is 0.747. The van der Waals surface area contributed by atoms with E-state index in [9.17, 15) is 9.59 Å². The topological polar surface area (TPSA) is 69.6 Å². The van der Waals surface area contributed by atoms with Crippen LogP contribution in [0.2, 0.25) is 0 Å². The lowest BCUT2D eigenvalue weighted by molar-refractivity contribution is -0.147. The van der Waals surface area contributed by atoms with E-state index in [2.05, 4.69) is 19.2 Å². The highest BCUT2D eigenvalue weighted by molar-refractivity contribution is 5.79. The first-order valence-electron chi connectivity index (χ1n) is 7.48. The van der Waals surface area contributed by atoms with Crippen LogP contribution in [0.3, 0.4) is 0 Å². The number of aliphatic carboxylic acids is 1. The van der Waals surface area contributed by atoms with E-state index in [0.29, 0.717) is 32.0 Å². The number of hydrogen-bond donors (Lipinski definition) is 2. The molecule has 0 radical (unpaired) electrons. The van der Waals surface area contributed by atoms with Crippen LogP contribution in [0.5, 0.6) is 0 Å². The third-order valence-corrected chi connectivity index (χ3v) is 4.02. The molecule has 5 heteroatoms. The number of likely N-dealkylation sites (tertiary alicyclic amines) is 1. The monoisotopic (exact) mass is 284 g/mol. The van der Waals surface area contributed by atoms with Crippen molar-refractivity contribution in [2.24, 2.45) is 11.3 Å². The van der Waals surface area contributed by atoms with Crippen LogP contribution in [0.15, 0.2) is 0 Å². The molecule has 5 nitrogen and oxygen atoms in total. The minimum atomic E-state index is -0.772. The molecule has 1 heterocycles. The number of carbonyl (C=O) groups excluding carboxylic acids is 1. The summed E-state index contributed by atoms with van der Waals surface area (Å²) in [6.45, 7) is 9.54. The average Bonchev–Trinajstić information content (AvgIpc) is 2.69. The van der Waals surface area contributed by atoms with Gasteiger partial charge in [0, 0.05) is 12.6 Å². The van der Waals surface area contributed by atoms with Gasteiger partial charge in [0.05, 0.1) is 12.0 Å². The molecule has 1 aliphatic rings. The molecule has 0 bridgehead atoms. The van der Waals surface area contributed by atoms with Crippen molar-refractivity contribution < 1.29 is 14.7 Å². The molecule has 2 unspecified atom stereocenters. The Hall–Kier alpha value is -1.10. The minimum Gasteiger partial charge on any atom is -0.481 e. The highest BCUT2D eigenvalue weighted by Gasteiger charge is 2.40. The Morgan fingerprint density at radius 3 is 2.45 bits per heavy atom. The second-order valence-electron chi connectivity index (χ2n) is 6.77. The van der Waals surface area contributed by atoms with Crippen LogP contribution in [-0.4, -0.2) is 47.6 Å². The molecule has 116 valence electrons. The molecule has 20 heavy (non-hydrogen) atoms. The van der Waals surface area contributed by atoms with Crippen LogP contribution >= 0.6 is 0 Å². The van der Waals surface area contributed by atoms with Gasteiger partial charge in [-0.15, -0.1) is 0 Å². The summed E-state index contributed by atoms with van der Waals surface area (Å²) in [5.41, 5.74) is -0.705. The van der Waals surface area contributed by atoms with E-state index in [1.165, 1.54) is 0 Å². The second-order valence-corrected chi connectivity index (χ2v) is 6.77. The summed E-state index contributed by atoms with van der Waals surface area (Å²) in [6.07, 6.45) is 2.69. The van der Waals surface area contributed by atoms with Crippen molar-refractivity contribution in [2.45, 2.75) is 53.0 Å². The summed E-state index contributed by atoms with van der Waals surface area (Å²) in [7, 11) is 0. The van der Waals surface area contributed by atoms with Crippen molar-refractivity contribution in [3.8, 4) is 0 Å². The Labute approximate surface area is 121 Å². The van der Waals surface area contributed by atoms with E-state index in [1.54, 1.807) is 6.92 Å². The Morgan fingerprint density at radius 2 is 1.95 bits per heavy atom. The van der Waals surface area contributed by atoms with Crippen molar-refractivity contribution in [2.75, 3.05) is 19.6 Å². The lowest BCUT2D eigenvalue weighted by Gasteiger charge is -2.21.